The second-order valence-electron chi connectivity index (χ2n) is 3.22. The Hall–Kier alpha value is -1.75. The van der Waals surface area contributed by atoms with Crippen LogP contribution in [0.25, 0.3) is 0 Å². The van der Waals surface area contributed by atoms with E-state index in [9.17, 15) is 4.79 Å². The third kappa shape index (κ3) is 4.18. The summed E-state index contributed by atoms with van der Waals surface area (Å²) in [5, 5.41) is 8.38. The average molecular weight is 223 g/mol. The Kier molecular flexibility index (Phi) is 5.15. The number of urea groups is 1. The summed E-state index contributed by atoms with van der Waals surface area (Å²) in [7, 11) is 3.42. The topological polar surface area (TPSA) is 62.4 Å². The van der Waals surface area contributed by atoms with Crippen LogP contribution in [-0.2, 0) is 0 Å². The minimum atomic E-state index is -0.219. The van der Waals surface area contributed by atoms with E-state index in [1.165, 1.54) is 0 Å². The normalized spacial score (nSPS) is 9.62. The van der Waals surface area contributed by atoms with Crippen molar-refractivity contribution in [3.63, 3.8) is 0 Å². The number of likely N-dealkylation sites (N-methyl/N-ethyl adjacent to an activating group) is 1. The van der Waals surface area contributed by atoms with Crippen molar-refractivity contribution >= 4 is 11.7 Å². The van der Waals surface area contributed by atoms with Crippen molar-refractivity contribution < 1.29 is 9.53 Å². The third-order valence-corrected chi connectivity index (χ3v) is 1.99. The number of nitrogens with one attached hydrogen (secondary N) is 3. The first-order chi connectivity index (χ1) is 7.76. The number of hydrogen-bond donors (Lipinski definition) is 3. The number of amides is 2. The summed E-state index contributed by atoms with van der Waals surface area (Å²) in [6.45, 7) is 1.33. The second-order valence-corrected chi connectivity index (χ2v) is 3.22. The summed E-state index contributed by atoms with van der Waals surface area (Å²) >= 11 is 0. The molecule has 0 heterocycles. The van der Waals surface area contributed by atoms with E-state index in [0.717, 1.165) is 6.54 Å². The van der Waals surface area contributed by atoms with Crippen LogP contribution < -0.4 is 20.7 Å². The van der Waals surface area contributed by atoms with E-state index < -0.39 is 0 Å². The summed E-state index contributed by atoms with van der Waals surface area (Å²) in [6.07, 6.45) is 0. The highest BCUT2D eigenvalue weighted by atomic mass is 16.5. The minimum absolute atomic E-state index is 0.219. The fourth-order valence-corrected chi connectivity index (χ4v) is 1.18. The highest BCUT2D eigenvalue weighted by Crippen LogP contribution is 2.16. The number of rotatable bonds is 5. The summed E-state index contributed by atoms with van der Waals surface area (Å²) in [5.74, 6) is 0.716. The van der Waals surface area contributed by atoms with Gasteiger partial charge in [0.15, 0.2) is 0 Å². The SMILES string of the molecule is CNCCNC(=O)Nc1cccc(OC)c1. The maximum absolute atomic E-state index is 11.4. The zero-order chi connectivity index (χ0) is 11.8. The van der Waals surface area contributed by atoms with Gasteiger partial charge in [-0.3, -0.25) is 0 Å². The van der Waals surface area contributed by atoms with Crippen molar-refractivity contribution in [2.75, 3.05) is 32.6 Å². The zero-order valence-electron chi connectivity index (χ0n) is 9.54. The maximum Gasteiger partial charge on any atom is 0.319 e. The molecule has 3 N–H and O–H groups in total. The Labute approximate surface area is 95.2 Å². The molecule has 0 radical (unpaired) electrons. The highest BCUT2D eigenvalue weighted by molar-refractivity contribution is 5.89. The van der Waals surface area contributed by atoms with Gasteiger partial charge < -0.3 is 20.7 Å². The fraction of sp³-hybridized carbons (Fsp3) is 0.364. The summed E-state index contributed by atoms with van der Waals surface area (Å²) in [6, 6.07) is 6.99. The van der Waals surface area contributed by atoms with E-state index in [0.29, 0.717) is 18.0 Å². The molecule has 5 nitrogen and oxygen atoms in total. The van der Waals surface area contributed by atoms with Crippen LogP contribution in [0.1, 0.15) is 0 Å². The standard InChI is InChI=1S/C11H17N3O2/c1-12-6-7-13-11(15)14-9-4-3-5-10(8-9)16-2/h3-5,8,12H,6-7H2,1-2H3,(H2,13,14,15). The van der Waals surface area contributed by atoms with Crippen molar-refractivity contribution in [3.05, 3.63) is 24.3 Å². The predicted molar refractivity (Wildman–Crippen MR) is 63.9 cm³/mol. The Morgan fingerprint density at radius 1 is 1.38 bits per heavy atom. The van der Waals surface area contributed by atoms with E-state index in [4.69, 9.17) is 4.74 Å². The van der Waals surface area contributed by atoms with Crippen LogP contribution in [0, 0.1) is 0 Å². The lowest BCUT2D eigenvalue weighted by Crippen LogP contribution is -2.33. The van der Waals surface area contributed by atoms with Gasteiger partial charge in [-0.2, -0.15) is 0 Å². The molecule has 0 unspecified atom stereocenters. The number of carbonyl (C=O) groups excluding carboxylic acids is 1. The van der Waals surface area contributed by atoms with Crippen LogP contribution in [0.15, 0.2) is 24.3 Å². The van der Waals surface area contributed by atoms with Crippen molar-refractivity contribution in [2.45, 2.75) is 0 Å². The van der Waals surface area contributed by atoms with Gasteiger partial charge in [0.1, 0.15) is 5.75 Å². The fourth-order valence-electron chi connectivity index (χ4n) is 1.18. The van der Waals surface area contributed by atoms with Crippen LogP contribution >= 0.6 is 0 Å². The van der Waals surface area contributed by atoms with Gasteiger partial charge in [-0.25, -0.2) is 4.79 Å². The van der Waals surface area contributed by atoms with E-state index >= 15 is 0 Å². The molecule has 0 aliphatic rings. The molecular formula is C11H17N3O2. The largest absolute Gasteiger partial charge is 0.497 e. The van der Waals surface area contributed by atoms with E-state index in [-0.39, 0.29) is 6.03 Å². The van der Waals surface area contributed by atoms with E-state index in [2.05, 4.69) is 16.0 Å². The molecule has 0 aliphatic heterocycles. The molecule has 88 valence electrons. The molecule has 0 atom stereocenters. The smallest absolute Gasteiger partial charge is 0.319 e. The lowest BCUT2D eigenvalue weighted by molar-refractivity contribution is 0.252. The van der Waals surface area contributed by atoms with Gasteiger partial charge in [0.05, 0.1) is 7.11 Å². The number of hydrogen-bond acceptors (Lipinski definition) is 3. The van der Waals surface area contributed by atoms with Crippen molar-refractivity contribution in [1.29, 1.82) is 0 Å². The predicted octanol–water partition coefficient (Wildman–Crippen LogP) is 1.04. The first-order valence-corrected chi connectivity index (χ1v) is 5.09. The first kappa shape index (κ1) is 12.3. The Bertz CT molecular complexity index is 342. The number of ether oxygens (including phenoxy) is 1. The Morgan fingerprint density at radius 2 is 2.19 bits per heavy atom. The van der Waals surface area contributed by atoms with E-state index in [1.807, 2.05) is 19.2 Å². The molecule has 2 amide bonds. The van der Waals surface area contributed by atoms with Gasteiger partial charge in [-0.05, 0) is 19.2 Å². The molecule has 1 rings (SSSR count). The van der Waals surface area contributed by atoms with Crippen LogP contribution in [0.5, 0.6) is 5.75 Å². The molecule has 5 heteroatoms. The number of benzene rings is 1. The maximum atomic E-state index is 11.4. The second kappa shape index (κ2) is 6.68. The molecule has 16 heavy (non-hydrogen) atoms. The van der Waals surface area contributed by atoms with Crippen molar-refractivity contribution in [2.24, 2.45) is 0 Å². The quantitative estimate of drug-likeness (QED) is 0.653. The molecule has 0 bridgehead atoms. The van der Waals surface area contributed by atoms with Crippen LogP contribution in [-0.4, -0.2) is 33.3 Å². The highest BCUT2D eigenvalue weighted by Gasteiger charge is 2.01. The minimum Gasteiger partial charge on any atom is -0.497 e. The van der Waals surface area contributed by atoms with Crippen molar-refractivity contribution in [1.82, 2.24) is 10.6 Å². The molecule has 1 aromatic carbocycles. The average Bonchev–Trinajstić information content (AvgIpc) is 2.29. The monoisotopic (exact) mass is 223 g/mol. The van der Waals surface area contributed by atoms with Gasteiger partial charge in [0.25, 0.3) is 0 Å². The summed E-state index contributed by atoms with van der Waals surface area (Å²) in [5.41, 5.74) is 0.710. The molecule has 0 aliphatic carbocycles. The van der Waals surface area contributed by atoms with Gasteiger partial charge in [-0.15, -0.1) is 0 Å². The van der Waals surface area contributed by atoms with Crippen molar-refractivity contribution in [3.8, 4) is 5.75 Å². The lowest BCUT2D eigenvalue weighted by atomic mass is 10.3. The van der Waals surface area contributed by atoms with Crippen LogP contribution in [0.2, 0.25) is 0 Å². The Morgan fingerprint density at radius 3 is 2.88 bits per heavy atom. The van der Waals surface area contributed by atoms with Crippen LogP contribution in [0.4, 0.5) is 10.5 Å². The molecule has 1 aromatic rings. The molecule has 0 saturated carbocycles. The lowest BCUT2D eigenvalue weighted by Gasteiger charge is -2.08. The zero-order valence-corrected chi connectivity index (χ0v) is 9.54. The molecule has 0 saturated heterocycles. The summed E-state index contributed by atoms with van der Waals surface area (Å²) < 4.78 is 5.05. The van der Waals surface area contributed by atoms with Gasteiger partial charge in [0, 0.05) is 24.8 Å². The number of anilines is 1. The third-order valence-electron chi connectivity index (χ3n) is 1.99. The molecule has 0 spiro atoms. The molecular weight excluding hydrogens is 206 g/mol. The van der Waals surface area contributed by atoms with Crippen LogP contribution in [0.3, 0.4) is 0 Å². The molecule has 0 fully saturated rings. The first-order valence-electron chi connectivity index (χ1n) is 5.09. The van der Waals surface area contributed by atoms with Gasteiger partial charge in [-0.1, -0.05) is 6.07 Å². The summed E-state index contributed by atoms with van der Waals surface area (Å²) in [4.78, 5) is 11.4. The van der Waals surface area contributed by atoms with Gasteiger partial charge in [0.2, 0.25) is 0 Å². The number of methoxy groups -OCH3 is 1. The Balaban J connectivity index is 2.43. The number of carbonyl (C=O) groups is 1. The van der Waals surface area contributed by atoms with E-state index in [1.54, 1.807) is 19.2 Å². The molecule has 0 aromatic heterocycles. The van der Waals surface area contributed by atoms with Gasteiger partial charge >= 0.3 is 6.03 Å².